The molecule has 170 valence electrons. The van der Waals surface area contributed by atoms with Crippen molar-refractivity contribution in [2.45, 2.75) is 29.8 Å². The largest absolute Gasteiger partial charge is 0.457 e. The van der Waals surface area contributed by atoms with E-state index in [0.29, 0.717) is 10.6 Å². The summed E-state index contributed by atoms with van der Waals surface area (Å²) in [6.45, 7) is 3.96. The van der Waals surface area contributed by atoms with E-state index in [1.165, 1.54) is 35.5 Å². The van der Waals surface area contributed by atoms with Crippen molar-refractivity contribution in [1.82, 2.24) is 0 Å². The Morgan fingerprint density at radius 1 is 0.667 bits per heavy atom. The van der Waals surface area contributed by atoms with Gasteiger partial charge in [0.15, 0.2) is 0 Å². The monoisotopic (exact) mass is 470 g/mol. The fourth-order valence-corrected chi connectivity index (χ4v) is 3.58. The van der Waals surface area contributed by atoms with E-state index in [1.807, 2.05) is 56.3 Å². The van der Waals surface area contributed by atoms with Crippen LogP contribution in [-0.2, 0) is 6.18 Å². The highest BCUT2D eigenvalue weighted by molar-refractivity contribution is 7.99. The van der Waals surface area contributed by atoms with E-state index >= 15 is 0 Å². The van der Waals surface area contributed by atoms with Crippen LogP contribution in [0.5, 0.6) is 11.5 Å². The Hall–Kier alpha value is -3.25. The van der Waals surface area contributed by atoms with Crippen molar-refractivity contribution in [3.63, 3.8) is 0 Å². The van der Waals surface area contributed by atoms with Gasteiger partial charge in [-0.25, -0.2) is 4.39 Å². The summed E-state index contributed by atoms with van der Waals surface area (Å²) in [7, 11) is 0. The fourth-order valence-electron chi connectivity index (χ4n) is 2.74. The van der Waals surface area contributed by atoms with Crippen LogP contribution in [-0.4, -0.2) is 0 Å². The number of rotatable bonds is 4. The topological polar surface area (TPSA) is 9.23 Å². The van der Waals surface area contributed by atoms with E-state index in [4.69, 9.17) is 4.74 Å². The molecule has 0 radical (unpaired) electrons. The molecule has 33 heavy (non-hydrogen) atoms. The molecular formula is C27H22F4OS. The summed E-state index contributed by atoms with van der Waals surface area (Å²) < 4.78 is 56.2. The van der Waals surface area contributed by atoms with E-state index < -0.39 is 11.7 Å². The molecule has 0 aliphatic heterocycles. The maximum atomic E-state index is 13.3. The van der Waals surface area contributed by atoms with Crippen LogP contribution in [0.4, 0.5) is 17.6 Å². The van der Waals surface area contributed by atoms with Gasteiger partial charge in [-0.3, -0.25) is 0 Å². The highest BCUT2D eigenvalue weighted by atomic mass is 32.2. The molecule has 6 heteroatoms. The Morgan fingerprint density at radius 3 is 1.88 bits per heavy atom. The van der Waals surface area contributed by atoms with Crippen LogP contribution in [0, 0.1) is 19.7 Å². The molecule has 0 saturated carbocycles. The third-order valence-electron chi connectivity index (χ3n) is 4.50. The van der Waals surface area contributed by atoms with Crippen LogP contribution in [0.1, 0.15) is 16.7 Å². The highest BCUT2D eigenvalue weighted by Crippen LogP contribution is 2.33. The van der Waals surface area contributed by atoms with Gasteiger partial charge < -0.3 is 4.74 Å². The molecule has 0 atom stereocenters. The molecule has 0 fully saturated rings. The zero-order chi connectivity index (χ0) is 23.8. The molecular weight excluding hydrogens is 448 g/mol. The van der Waals surface area contributed by atoms with Crippen LogP contribution in [0.25, 0.3) is 0 Å². The Bertz CT molecular complexity index is 1170. The molecule has 1 nitrogen and oxygen atoms in total. The first kappa shape index (κ1) is 24.4. The number of halogens is 4. The summed E-state index contributed by atoms with van der Waals surface area (Å²) in [5.41, 5.74) is 1.56. The van der Waals surface area contributed by atoms with Crippen molar-refractivity contribution in [2.24, 2.45) is 0 Å². The molecule has 0 aliphatic rings. The SMILES string of the molecule is Cc1ccc(Oc2cccc(C(F)(F)F)c2)cc1.Cc1ccc(Sc2ccccc2F)cc1. The summed E-state index contributed by atoms with van der Waals surface area (Å²) in [4.78, 5) is 1.73. The molecule has 0 saturated heterocycles. The van der Waals surface area contributed by atoms with Gasteiger partial charge in [0.1, 0.15) is 17.3 Å². The van der Waals surface area contributed by atoms with Gasteiger partial charge in [0.2, 0.25) is 0 Å². The highest BCUT2D eigenvalue weighted by Gasteiger charge is 2.30. The van der Waals surface area contributed by atoms with Crippen LogP contribution < -0.4 is 4.74 Å². The van der Waals surface area contributed by atoms with Gasteiger partial charge in [0, 0.05) is 9.79 Å². The van der Waals surface area contributed by atoms with Gasteiger partial charge in [-0.05, 0) is 68.4 Å². The molecule has 0 N–H and O–H groups in total. The van der Waals surface area contributed by atoms with Crippen molar-refractivity contribution in [3.8, 4) is 11.5 Å². The van der Waals surface area contributed by atoms with Gasteiger partial charge in [-0.15, -0.1) is 0 Å². The van der Waals surface area contributed by atoms with Crippen LogP contribution in [0.3, 0.4) is 0 Å². The van der Waals surface area contributed by atoms with Gasteiger partial charge in [0.25, 0.3) is 0 Å². The van der Waals surface area contributed by atoms with E-state index in [-0.39, 0.29) is 11.6 Å². The summed E-state index contributed by atoms with van der Waals surface area (Å²) >= 11 is 1.45. The third-order valence-corrected chi connectivity index (χ3v) is 5.56. The minimum absolute atomic E-state index is 0.164. The summed E-state index contributed by atoms with van der Waals surface area (Å²) in [6.07, 6.45) is -4.35. The first-order valence-electron chi connectivity index (χ1n) is 10.1. The lowest BCUT2D eigenvalue weighted by Crippen LogP contribution is -2.04. The van der Waals surface area contributed by atoms with Crippen molar-refractivity contribution < 1.29 is 22.3 Å². The predicted octanol–water partition coefficient (Wildman–Crippen LogP) is 9.09. The smallest absolute Gasteiger partial charge is 0.416 e. The fraction of sp³-hybridized carbons (Fsp3) is 0.111. The van der Waals surface area contributed by atoms with Gasteiger partial charge in [0.05, 0.1) is 5.56 Å². The van der Waals surface area contributed by atoms with Gasteiger partial charge in [-0.1, -0.05) is 65.4 Å². The van der Waals surface area contributed by atoms with Crippen LogP contribution in [0.15, 0.2) is 107 Å². The lowest BCUT2D eigenvalue weighted by atomic mass is 10.2. The number of aryl methyl sites for hydroxylation is 2. The maximum absolute atomic E-state index is 13.3. The second kappa shape index (κ2) is 11.1. The normalized spacial score (nSPS) is 10.8. The van der Waals surface area contributed by atoms with Crippen molar-refractivity contribution >= 4 is 11.8 Å². The number of hydrogen-bond donors (Lipinski definition) is 0. The second-order valence-electron chi connectivity index (χ2n) is 7.29. The quantitative estimate of drug-likeness (QED) is 0.275. The number of alkyl halides is 3. The summed E-state index contributed by atoms with van der Waals surface area (Å²) in [5, 5.41) is 0. The van der Waals surface area contributed by atoms with Gasteiger partial charge >= 0.3 is 6.18 Å². The third kappa shape index (κ3) is 7.68. The average molecular weight is 471 g/mol. The molecule has 4 aromatic carbocycles. The predicted molar refractivity (Wildman–Crippen MR) is 124 cm³/mol. The standard InChI is InChI=1S/C14H11F3O.C13H11FS/c1-10-5-7-12(8-6-10)18-13-4-2-3-11(9-13)14(15,16)17;1-10-6-8-11(9-7-10)15-13-5-3-2-4-12(13)14/h2-9H,1H3;2-9H,1H3. The van der Waals surface area contributed by atoms with E-state index in [9.17, 15) is 17.6 Å². The molecule has 0 heterocycles. The molecule has 0 spiro atoms. The Kier molecular flexibility index (Phi) is 8.17. The first-order chi connectivity index (χ1) is 15.7. The maximum Gasteiger partial charge on any atom is 0.416 e. The Morgan fingerprint density at radius 2 is 1.27 bits per heavy atom. The van der Waals surface area contributed by atoms with E-state index in [0.717, 1.165) is 22.6 Å². The summed E-state index contributed by atoms with van der Waals surface area (Å²) in [6, 6.07) is 26.8. The minimum atomic E-state index is -4.35. The first-order valence-corrected chi connectivity index (χ1v) is 10.9. The molecule has 0 unspecified atom stereocenters. The van der Waals surface area contributed by atoms with Crippen molar-refractivity contribution in [3.05, 3.63) is 120 Å². The van der Waals surface area contributed by atoms with Crippen molar-refractivity contribution in [1.29, 1.82) is 0 Å². The lowest BCUT2D eigenvalue weighted by Gasteiger charge is -2.10. The Balaban J connectivity index is 0.000000189. The number of hydrogen-bond acceptors (Lipinski definition) is 2. The molecule has 0 bridgehead atoms. The number of benzene rings is 4. The number of ether oxygens (including phenoxy) is 1. The van der Waals surface area contributed by atoms with Crippen molar-refractivity contribution in [2.75, 3.05) is 0 Å². The molecule has 0 aliphatic carbocycles. The molecule has 4 rings (SSSR count). The molecule has 4 aromatic rings. The average Bonchev–Trinajstić information content (AvgIpc) is 2.79. The van der Waals surface area contributed by atoms with Crippen LogP contribution >= 0.6 is 11.8 Å². The lowest BCUT2D eigenvalue weighted by molar-refractivity contribution is -0.137. The van der Waals surface area contributed by atoms with Crippen LogP contribution in [0.2, 0.25) is 0 Å². The van der Waals surface area contributed by atoms with Gasteiger partial charge in [-0.2, -0.15) is 13.2 Å². The molecule has 0 amide bonds. The minimum Gasteiger partial charge on any atom is -0.457 e. The second-order valence-corrected chi connectivity index (χ2v) is 8.40. The zero-order valence-electron chi connectivity index (χ0n) is 18.1. The Labute approximate surface area is 195 Å². The van der Waals surface area contributed by atoms with E-state index in [1.54, 1.807) is 24.3 Å². The zero-order valence-corrected chi connectivity index (χ0v) is 18.9. The molecule has 0 aromatic heterocycles. The van der Waals surface area contributed by atoms with E-state index in [2.05, 4.69) is 0 Å². The summed E-state index contributed by atoms with van der Waals surface area (Å²) in [5.74, 6) is 0.525.